The van der Waals surface area contributed by atoms with Crippen LogP contribution in [0.3, 0.4) is 0 Å². The molecule has 1 aromatic heterocycles. The fraction of sp³-hybridized carbons (Fsp3) is 0.900. The molecule has 2 rings (SSSR count). The van der Waals surface area contributed by atoms with Crippen molar-refractivity contribution in [1.82, 2.24) is 20.2 Å². The Hall–Kier alpha value is -1.05. The Morgan fingerprint density at radius 3 is 3.00 bits per heavy atom. The number of ether oxygens (including phenoxy) is 2. The van der Waals surface area contributed by atoms with Gasteiger partial charge >= 0.3 is 0 Å². The van der Waals surface area contributed by atoms with Gasteiger partial charge in [-0.25, -0.2) is 4.68 Å². The van der Waals surface area contributed by atoms with E-state index in [1.54, 1.807) is 7.11 Å². The normalized spacial score (nSPS) is 38.2. The van der Waals surface area contributed by atoms with Crippen molar-refractivity contribution in [3.05, 3.63) is 6.33 Å². The number of hydrogen-bond donors (Lipinski definition) is 1. The Kier molecular flexibility index (Phi) is 3.15. The van der Waals surface area contributed by atoms with Crippen LogP contribution < -0.4 is 0 Å². The number of hydrogen-bond acceptors (Lipinski definition) is 6. The summed E-state index contributed by atoms with van der Waals surface area (Å²) in [6.07, 6.45) is 1.76. The first-order valence-corrected chi connectivity index (χ1v) is 5.62. The van der Waals surface area contributed by atoms with E-state index in [2.05, 4.69) is 15.5 Å². The maximum atomic E-state index is 10.9. The van der Waals surface area contributed by atoms with Crippen molar-refractivity contribution < 1.29 is 14.6 Å². The summed E-state index contributed by atoms with van der Waals surface area (Å²) in [5, 5.41) is 21.8. The maximum absolute atomic E-state index is 10.9. The SMILES string of the molecule is CO[C@]1(C)CCO[C@@H](C)[C@@]1(O)Cn1cnnn1. The van der Waals surface area contributed by atoms with E-state index in [0.29, 0.717) is 13.0 Å². The van der Waals surface area contributed by atoms with Gasteiger partial charge in [-0.05, 0) is 24.3 Å². The van der Waals surface area contributed by atoms with E-state index < -0.39 is 11.2 Å². The van der Waals surface area contributed by atoms with Gasteiger partial charge in [0.25, 0.3) is 0 Å². The molecule has 0 spiro atoms. The highest BCUT2D eigenvalue weighted by molar-refractivity contribution is 5.04. The highest BCUT2D eigenvalue weighted by atomic mass is 16.5. The van der Waals surface area contributed by atoms with E-state index in [0.717, 1.165) is 0 Å². The first kappa shape index (κ1) is 12.4. The third kappa shape index (κ3) is 1.94. The van der Waals surface area contributed by atoms with Crippen molar-refractivity contribution in [2.75, 3.05) is 13.7 Å². The van der Waals surface area contributed by atoms with Crippen LogP contribution in [0.15, 0.2) is 6.33 Å². The van der Waals surface area contributed by atoms with E-state index in [9.17, 15) is 5.11 Å². The van der Waals surface area contributed by atoms with Crippen molar-refractivity contribution >= 4 is 0 Å². The Bertz CT molecular complexity index is 372. The highest BCUT2D eigenvalue weighted by Crippen LogP contribution is 2.38. The van der Waals surface area contributed by atoms with E-state index in [1.165, 1.54) is 11.0 Å². The standard InChI is InChI=1S/C10H18N4O3/c1-8-10(15,6-14-7-11-12-13-14)9(2,16-3)4-5-17-8/h7-8,15H,4-6H2,1-3H3/t8-,9+,10-/m0/s1. The number of nitrogens with zero attached hydrogens (tertiary/aromatic N) is 4. The zero-order chi connectivity index (χ0) is 12.5. The maximum Gasteiger partial charge on any atom is 0.139 e. The van der Waals surface area contributed by atoms with Gasteiger partial charge in [0, 0.05) is 20.1 Å². The van der Waals surface area contributed by atoms with Crippen LogP contribution >= 0.6 is 0 Å². The lowest BCUT2D eigenvalue weighted by molar-refractivity contribution is -0.257. The number of tetrazole rings is 1. The minimum Gasteiger partial charge on any atom is -0.382 e. The highest BCUT2D eigenvalue weighted by Gasteiger charge is 2.54. The zero-order valence-corrected chi connectivity index (χ0v) is 10.3. The monoisotopic (exact) mass is 242 g/mol. The summed E-state index contributed by atoms with van der Waals surface area (Å²) < 4.78 is 12.5. The summed E-state index contributed by atoms with van der Waals surface area (Å²) in [6.45, 7) is 4.53. The van der Waals surface area contributed by atoms with Crippen LogP contribution in [0, 0.1) is 0 Å². The molecule has 7 heteroatoms. The van der Waals surface area contributed by atoms with Crippen LogP contribution in [0.4, 0.5) is 0 Å². The van der Waals surface area contributed by atoms with Gasteiger partial charge in [-0.1, -0.05) is 0 Å². The molecule has 0 unspecified atom stereocenters. The molecule has 17 heavy (non-hydrogen) atoms. The molecule has 0 bridgehead atoms. The Balaban J connectivity index is 2.28. The van der Waals surface area contributed by atoms with Gasteiger partial charge in [-0.2, -0.15) is 0 Å². The van der Waals surface area contributed by atoms with Crippen molar-refractivity contribution in [2.24, 2.45) is 0 Å². The minimum atomic E-state index is -1.16. The molecule has 1 aliphatic rings. The Morgan fingerprint density at radius 1 is 1.65 bits per heavy atom. The van der Waals surface area contributed by atoms with Crippen LogP contribution in [0.25, 0.3) is 0 Å². The smallest absolute Gasteiger partial charge is 0.139 e. The first-order chi connectivity index (χ1) is 8.02. The molecule has 0 amide bonds. The van der Waals surface area contributed by atoms with Gasteiger partial charge in [0.15, 0.2) is 0 Å². The number of aliphatic hydroxyl groups is 1. The summed E-state index contributed by atoms with van der Waals surface area (Å²) in [5.74, 6) is 0. The summed E-state index contributed by atoms with van der Waals surface area (Å²) in [6, 6.07) is 0. The summed E-state index contributed by atoms with van der Waals surface area (Å²) in [5.41, 5.74) is -1.83. The lowest BCUT2D eigenvalue weighted by atomic mass is 9.76. The molecule has 96 valence electrons. The quantitative estimate of drug-likeness (QED) is 0.778. The van der Waals surface area contributed by atoms with E-state index in [4.69, 9.17) is 9.47 Å². The first-order valence-electron chi connectivity index (χ1n) is 5.62. The van der Waals surface area contributed by atoms with Crippen LogP contribution in [0.2, 0.25) is 0 Å². The summed E-state index contributed by atoms with van der Waals surface area (Å²) in [7, 11) is 1.60. The molecule has 0 aliphatic carbocycles. The van der Waals surface area contributed by atoms with Crippen LogP contribution in [0.5, 0.6) is 0 Å². The third-order valence-electron chi connectivity index (χ3n) is 3.78. The third-order valence-corrected chi connectivity index (χ3v) is 3.78. The van der Waals surface area contributed by atoms with Crippen molar-refractivity contribution in [1.29, 1.82) is 0 Å². The largest absolute Gasteiger partial charge is 0.382 e. The predicted molar refractivity (Wildman–Crippen MR) is 58.2 cm³/mol. The molecule has 3 atom stereocenters. The molecule has 7 nitrogen and oxygen atoms in total. The number of aromatic nitrogens is 4. The van der Waals surface area contributed by atoms with E-state index in [-0.39, 0.29) is 12.6 Å². The molecule has 0 aromatic carbocycles. The van der Waals surface area contributed by atoms with Crippen molar-refractivity contribution in [3.63, 3.8) is 0 Å². The summed E-state index contributed by atoms with van der Waals surface area (Å²) in [4.78, 5) is 0. The fourth-order valence-electron chi connectivity index (χ4n) is 2.29. The topological polar surface area (TPSA) is 82.3 Å². The van der Waals surface area contributed by atoms with Crippen LogP contribution in [-0.2, 0) is 16.0 Å². The average Bonchev–Trinajstić information content (AvgIpc) is 2.79. The average molecular weight is 242 g/mol. The number of methoxy groups -OCH3 is 1. The molecule has 1 fully saturated rings. The molecule has 1 aliphatic heterocycles. The van der Waals surface area contributed by atoms with Gasteiger partial charge in [-0.15, -0.1) is 5.10 Å². The van der Waals surface area contributed by atoms with Gasteiger partial charge < -0.3 is 14.6 Å². The van der Waals surface area contributed by atoms with E-state index >= 15 is 0 Å². The minimum absolute atomic E-state index is 0.242. The second-order valence-corrected chi connectivity index (χ2v) is 4.63. The van der Waals surface area contributed by atoms with Gasteiger partial charge in [0.1, 0.15) is 17.5 Å². The fourth-order valence-corrected chi connectivity index (χ4v) is 2.29. The van der Waals surface area contributed by atoms with Gasteiger partial charge in [0.05, 0.1) is 12.6 Å². The molecule has 1 saturated heterocycles. The molecule has 2 heterocycles. The van der Waals surface area contributed by atoms with Crippen LogP contribution in [-0.4, -0.2) is 56.3 Å². The Morgan fingerprint density at radius 2 is 2.41 bits per heavy atom. The molecular formula is C10H18N4O3. The van der Waals surface area contributed by atoms with Crippen molar-refractivity contribution in [3.8, 4) is 0 Å². The molecule has 0 radical (unpaired) electrons. The second-order valence-electron chi connectivity index (χ2n) is 4.63. The molecule has 1 aromatic rings. The predicted octanol–water partition coefficient (Wildman–Crippen LogP) is -0.382. The second kappa shape index (κ2) is 4.32. The molecule has 1 N–H and O–H groups in total. The van der Waals surface area contributed by atoms with Gasteiger partial charge in [0.2, 0.25) is 0 Å². The van der Waals surface area contributed by atoms with Gasteiger partial charge in [-0.3, -0.25) is 0 Å². The molecular weight excluding hydrogens is 224 g/mol. The lowest BCUT2D eigenvalue weighted by Crippen LogP contribution is -2.65. The van der Waals surface area contributed by atoms with Crippen molar-refractivity contribution in [2.45, 2.75) is 44.1 Å². The molecule has 0 saturated carbocycles. The van der Waals surface area contributed by atoms with E-state index in [1.807, 2.05) is 13.8 Å². The lowest BCUT2D eigenvalue weighted by Gasteiger charge is -2.50. The summed E-state index contributed by atoms with van der Waals surface area (Å²) >= 11 is 0. The zero-order valence-electron chi connectivity index (χ0n) is 10.3. The van der Waals surface area contributed by atoms with Crippen LogP contribution in [0.1, 0.15) is 20.3 Å². The Labute approximate surface area is 99.7 Å². The number of rotatable bonds is 3.